The molecule has 0 aliphatic carbocycles. The Hall–Kier alpha value is -3.89. The molecule has 5 rings (SSSR count). The Morgan fingerprint density at radius 1 is 1.24 bits per heavy atom. The fourth-order valence-electron chi connectivity index (χ4n) is 4.98. The van der Waals surface area contributed by atoms with Gasteiger partial charge in [-0.25, -0.2) is 9.59 Å². The summed E-state index contributed by atoms with van der Waals surface area (Å²) in [6.07, 6.45) is 1.09. The van der Waals surface area contributed by atoms with Gasteiger partial charge in [0.1, 0.15) is 16.6 Å². The van der Waals surface area contributed by atoms with Crippen molar-refractivity contribution < 1.29 is 9.53 Å². The van der Waals surface area contributed by atoms with Gasteiger partial charge in [0.25, 0.3) is 5.56 Å². The smallest absolute Gasteiger partial charge is 0.407 e. The number of alkyl carbamates (subject to hydrolysis) is 1. The van der Waals surface area contributed by atoms with E-state index in [9.17, 15) is 14.4 Å². The largest absolute Gasteiger partial charge is 0.444 e. The van der Waals surface area contributed by atoms with E-state index in [1.54, 1.807) is 30.7 Å². The van der Waals surface area contributed by atoms with Crippen LogP contribution in [0.3, 0.4) is 0 Å². The number of aryl methyl sites for hydroxylation is 1. The topological polar surface area (TPSA) is 129 Å². The van der Waals surface area contributed by atoms with E-state index >= 15 is 0 Å². The molecule has 1 saturated heterocycles. The van der Waals surface area contributed by atoms with Crippen LogP contribution in [0.1, 0.15) is 46.1 Å². The molecule has 1 aromatic carbocycles. The predicted molar refractivity (Wildman–Crippen MR) is 159 cm³/mol. The predicted octanol–water partition coefficient (Wildman–Crippen LogP) is 3.12. The SMILES string of the molecule is CC#CCn1c(N2CCC[C@@H](NC(=O)OC(C)(C)C)C2)nc2c1c(=O)n(Cc1cc(Cl)c3nsnc3c1)c(=O)n2C. The van der Waals surface area contributed by atoms with Crippen LogP contribution in [0.25, 0.3) is 22.2 Å². The van der Waals surface area contributed by atoms with Gasteiger partial charge in [-0.05, 0) is 58.2 Å². The summed E-state index contributed by atoms with van der Waals surface area (Å²) in [6.45, 7) is 8.51. The Labute approximate surface area is 245 Å². The first kappa shape index (κ1) is 28.6. The molecule has 1 N–H and O–H groups in total. The molecule has 1 fully saturated rings. The number of benzene rings is 1. The van der Waals surface area contributed by atoms with E-state index in [1.165, 1.54) is 9.13 Å². The Morgan fingerprint density at radius 3 is 2.76 bits per heavy atom. The number of nitrogens with one attached hydrogen (secondary N) is 1. The quantitative estimate of drug-likeness (QED) is 0.347. The first-order chi connectivity index (χ1) is 19.5. The van der Waals surface area contributed by atoms with Gasteiger partial charge in [0.2, 0.25) is 5.95 Å². The number of carbonyl (C=O) groups is 1. The van der Waals surface area contributed by atoms with Crippen LogP contribution < -0.4 is 21.5 Å². The molecule has 14 heteroatoms. The summed E-state index contributed by atoms with van der Waals surface area (Å²) in [6, 6.07) is 3.29. The third-order valence-corrected chi connectivity index (χ3v) is 7.60. The lowest BCUT2D eigenvalue weighted by Crippen LogP contribution is -2.49. The molecule has 0 radical (unpaired) electrons. The fraction of sp³-hybridized carbons (Fsp3) is 0.481. The Balaban J connectivity index is 1.55. The molecule has 1 atom stereocenters. The average molecular weight is 599 g/mol. The number of piperidine rings is 1. The average Bonchev–Trinajstić information content (AvgIpc) is 3.53. The van der Waals surface area contributed by atoms with Crippen molar-refractivity contribution in [3.8, 4) is 11.8 Å². The summed E-state index contributed by atoms with van der Waals surface area (Å²) in [5, 5.41) is 3.35. The number of aromatic nitrogens is 6. The molecule has 0 spiro atoms. The number of rotatable bonds is 5. The zero-order chi connectivity index (χ0) is 29.5. The van der Waals surface area contributed by atoms with Crippen molar-refractivity contribution in [1.82, 2.24) is 32.7 Å². The normalized spacial score (nSPS) is 15.7. The van der Waals surface area contributed by atoms with Crippen LogP contribution in [0, 0.1) is 11.8 Å². The summed E-state index contributed by atoms with van der Waals surface area (Å²) in [5.41, 5.74) is 0.790. The molecule has 0 saturated carbocycles. The van der Waals surface area contributed by atoms with Gasteiger partial charge < -0.3 is 15.0 Å². The number of imidazole rings is 1. The minimum atomic E-state index is -0.607. The maximum absolute atomic E-state index is 13.9. The van der Waals surface area contributed by atoms with Crippen LogP contribution >= 0.6 is 23.3 Å². The van der Waals surface area contributed by atoms with Crippen molar-refractivity contribution in [2.45, 2.75) is 65.3 Å². The van der Waals surface area contributed by atoms with Crippen molar-refractivity contribution in [3.05, 3.63) is 43.6 Å². The zero-order valence-corrected chi connectivity index (χ0v) is 25.1. The number of nitrogens with zero attached hydrogens (tertiary/aromatic N) is 7. The maximum Gasteiger partial charge on any atom is 0.407 e. The third kappa shape index (κ3) is 5.80. The highest BCUT2D eigenvalue weighted by molar-refractivity contribution is 7.00. The van der Waals surface area contributed by atoms with Gasteiger partial charge in [-0.2, -0.15) is 13.7 Å². The second-order valence-corrected chi connectivity index (χ2v) is 11.9. The van der Waals surface area contributed by atoms with Crippen molar-refractivity contribution in [3.63, 3.8) is 0 Å². The number of amides is 1. The van der Waals surface area contributed by atoms with Crippen molar-refractivity contribution >= 4 is 57.6 Å². The molecule has 1 amide bonds. The third-order valence-electron chi connectivity index (χ3n) is 6.77. The molecule has 216 valence electrons. The summed E-state index contributed by atoms with van der Waals surface area (Å²) in [5.74, 6) is 6.43. The second-order valence-electron chi connectivity index (χ2n) is 11.0. The highest BCUT2D eigenvalue weighted by Gasteiger charge is 2.29. The van der Waals surface area contributed by atoms with Gasteiger partial charge >= 0.3 is 11.8 Å². The number of hydrogen-bond acceptors (Lipinski definition) is 9. The lowest BCUT2D eigenvalue weighted by atomic mass is 10.1. The molecule has 0 bridgehead atoms. The first-order valence-electron chi connectivity index (χ1n) is 13.2. The van der Waals surface area contributed by atoms with Crippen LogP contribution in [-0.4, -0.2) is 58.3 Å². The van der Waals surface area contributed by atoms with E-state index < -0.39 is 22.9 Å². The number of ether oxygens (including phenoxy) is 1. The molecular weight excluding hydrogens is 568 g/mol. The van der Waals surface area contributed by atoms with Crippen LogP contribution in [0.15, 0.2) is 21.7 Å². The first-order valence-corrected chi connectivity index (χ1v) is 14.3. The maximum atomic E-state index is 13.9. The monoisotopic (exact) mass is 598 g/mol. The van der Waals surface area contributed by atoms with E-state index in [0.717, 1.165) is 24.6 Å². The number of carbonyl (C=O) groups excluding carboxylic acids is 1. The Kier molecular flexibility index (Phi) is 7.80. The molecule has 41 heavy (non-hydrogen) atoms. The van der Waals surface area contributed by atoms with Gasteiger partial charge in [-0.15, -0.1) is 5.92 Å². The summed E-state index contributed by atoms with van der Waals surface area (Å²) < 4.78 is 18.2. The van der Waals surface area contributed by atoms with Gasteiger partial charge in [0.05, 0.1) is 29.8 Å². The summed E-state index contributed by atoms with van der Waals surface area (Å²) in [7, 11) is 1.59. The molecule has 1 aliphatic rings. The molecule has 4 heterocycles. The van der Waals surface area contributed by atoms with Crippen molar-refractivity contribution in [2.75, 3.05) is 18.0 Å². The number of anilines is 1. The lowest BCUT2D eigenvalue weighted by Gasteiger charge is -2.34. The second kappa shape index (κ2) is 11.2. The number of hydrogen-bond donors (Lipinski definition) is 1. The molecule has 0 unspecified atom stereocenters. The van der Waals surface area contributed by atoms with Crippen LogP contribution in [-0.2, 0) is 24.9 Å². The summed E-state index contributed by atoms with van der Waals surface area (Å²) >= 11 is 7.43. The van der Waals surface area contributed by atoms with Gasteiger partial charge in [0, 0.05) is 26.2 Å². The highest BCUT2D eigenvalue weighted by Crippen LogP contribution is 2.25. The Morgan fingerprint density at radius 2 is 2.02 bits per heavy atom. The van der Waals surface area contributed by atoms with E-state index in [2.05, 4.69) is 25.9 Å². The van der Waals surface area contributed by atoms with Crippen molar-refractivity contribution in [1.29, 1.82) is 0 Å². The molecule has 1 aliphatic heterocycles. The van der Waals surface area contributed by atoms with Crippen LogP contribution in [0.4, 0.5) is 10.7 Å². The van der Waals surface area contributed by atoms with Gasteiger partial charge in [-0.1, -0.05) is 17.5 Å². The summed E-state index contributed by atoms with van der Waals surface area (Å²) in [4.78, 5) is 46.5. The highest BCUT2D eigenvalue weighted by atomic mass is 35.5. The lowest BCUT2D eigenvalue weighted by molar-refractivity contribution is 0.0499. The van der Waals surface area contributed by atoms with Crippen molar-refractivity contribution in [2.24, 2.45) is 7.05 Å². The van der Waals surface area contributed by atoms with Gasteiger partial charge in [-0.3, -0.25) is 18.5 Å². The molecule has 12 nitrogen and oxygen atoms in total. The van der Waals surface area contributed by atoms with E-state index in [1.807, 2.05) is 25.7 Å². The van der Waals surface area contributed by atoms with Gasteiger partial charge in [0.15, 0.2) is 11.2 Å². The minimum absolute atomic E-state index is 0.000198. The molecular formula is C27H31ClN8O4S. The van der Waals surface area contributed by atoms with Crippen LogP contribution in [0.5, 0.6) is 0 Å². The van der Waals surface area contributed by atoms with E-state index in [0.29, 0.717) is 40.7 Å². The van der Waals surface area contributed by atoms with E-state index in [-0.39, 0.29) is 30.3 Å². The zero-order valence-electron chi connectivity index (χ0n) is 23.5. The molecule has 4 aromatic rings. The standard InChI is InChI=1S/C27H31ClN8O4S/c1-6-7-11-35-21-22(30-24(35)34-10-8-9-17(15-34)29-25(38)40-27(2,3)4)33(5)26(39)36(23(21)37)14-16-12-18(28)20-19(13-16)31-41-32-20/h12-13,17H,8-11,14-15H2,1-5H3,(H,29,38)/t17-/m1/s1. The minimum Gasteiger partial charge on any atom is -0.444 e. The number of fused-ring (bicyclic) bond motifs is 2. The Bertz CT molecular complexity index is 1820. The fourth-order valence-corrected chi connectivity index (χ4v) is 5.85. The van der Waals surface area contributed by atoms with E-state index in [4.69, 9.17) is 21.3 Å². The number of halogens is 1. The van der Waals surface area contributed by atoms with Crippen LogP contribution in [0.2, 0.25) is 5.02 Å². The molecule has 3 aromatic heterocycles.